The Balaban J connectivity index is 2.07. The molecular formula is C19H23ClN2O5S. The first-order valence-corrected chi connectivity index (χ1v) is 10.7. The van der Waals surface area contributed by atoms with Gasteiger partial charge in [0.1, 0.15) is 11.5 Å². The Morgan fingerprint density at radius 2 is 1.86 bits per heavy atom. The first-order chi connectivity index (χ1) is 13.2. The largest absolute Gasteiger partial charge is 0.495 e. The Morgan fingerprint density at radius 1 is 1.21 bits per heavy atom. The number of sulfonamides is 1. The zero-order valence-corrected chi connectivity index (χ0v) is 17.7. The number of hydrogen-bond acceptors (Lipinski definition) is 5. The summed E-state index contributed by atoms with van der Waals surface area (Å²) in [6.07, 6.45) is 0.848. The Kier molecular flexibility index (Phi) is 7.15. The van der Waals surface area contributed by atoms with Crippen LogP contribution in [-0.4, -0.2) is 40.8 Å². The van der Waals surface area contributed by atoms with Gasteiger partial charge in [-0.1, -0.05) is 18.5 Å². The molecule has 0 saturated heterocycles. The smallest absolute Gasteiger partial charge is 0.265 e. The summed E-state index contributed by atoms with van der Waals surface area (Å²) in [4.78, 5) is 12.5. The lowest BCUT2D eigenvalue weighted by Crippen LogP contribution is -2.32. The van der Waals surface area contributed by atoms with E-state index in [0.717, 1.165) is 10.6 Å². The fourth-order valence-corrected chi connectivity index (χ4v) is 3.14. The number of anilines is 2. The second kappa shape index (κ2) is 9.16. The molecule has 1 amide bonds. The van der Waals surface area contributed by atoms with Crippen molar-refractivity contribution in [1.29, 1.82) is 0 Å². The van der Waals surface area contributed by atoms with E-state index in [-0.39, 0.29) is 5.91 Å². The maximum Gasteiger partial charge on any atom is 0.265 e. The van der Waals surface area contributed by atoms with E-state index >= 15 is 0 Å². The van der Waals surface area contributed by atoms with Gasteiger partial charge in [-0.25, -0.2) is 8.42 Å². The molecule has 0 spiro atoms. The average Bonchev–Trinajstić information content (AvgIpc) is 2.65. The number of benzene rings is 2. The molecule has 152 valence electrons. The summed E-state index contributed by atoms with van der Waals surface area (Å²) in [7, 11) is -0.365. The lowest BCUT2D eigenvalue weighted by Gasteiger charge is -2.19. The van der Waals surface area contributed by atoms with Crippen molar-refractivity contribution in [3.05, 3.63) is 47.5 Å². The molecule has 0 bridgehead atoms. The number of carbonyl (C=O) groups excluding carboxylic acids is 1. The third kappa shape index (κ3) is 5.53. The third-order valence-electron chi connectivity index (χ3n) is 4.06. The molecule has 0 heterocycles. The molecule has 0 radical (unpaired) electrons. The van der Waals surface area contributed by atoms with Crippen molar-refractivity contribution in [3.8, 4) is 11.5 Å². The lowest BCUT2D eigenvalue weighted by atomic mass is 10.2. The minimum Gasteiger partial charge on any atom is -0.495 e. The van der Waals surface area contributed by atoms with Crippen LogP contribution in [0.5, 0.6) is 11.5 Å². The first kappa shape index (κ1) is 21.8. The van der Waals surface area contributed by atoms with Crippen LogP contribution in [0.3, 0.4) is 0 Å². The fraction of sp³-hybridized carbons (Fsp3) is 0.316. The molecular weight excluding hydrogens is 404 g/mol. The van der Waals surface area contributed by atoms with Crippen molar-refractivity contribution < 1.29 is 22.7 Å². The normalized spacial score (nSPS) is 12.2. The van der Waals surface area contributed by atoms with Crippen molar-refractivity contribution in [2.75, 3.05) is 30.0 Å². The van der Waals surface area contributed by atoms with E-state index in [9.17, 15) is 13.2 Å². The quantitative estimate of drug-likeness (QED) is 0.697. The van der Waals surface area contributed by atoms with Gasteiger partial charge in [-0.2, -0.15) is 0 Å². The van der Waals surface area contributed by atoms with Crippen molar-refractivity contribution in [3.63, 3.8) is 0 Å². The number of rotatable bonds is 8. The van der Waals surface area contributed by atoms with Gasteiger partial charge in [-0.15, -0.1) is 0 Å². The number of halogens is 1. The van der Waals surface area contributed by atoms with Gasteiger partial charge in [0.25, 0.3) is 5.91 Å². The van der Waals surface area contributed by atoms with Crippen molar-refractivity contribution in [2.45, 2.75) is 19.4 Å². The van der Waals surface area contributed by atoms with Crippen LogP contribution in [0.2, 0.25) is 5.02 Å². The van der Waals surface area contributed by atoms with Crippen LogP contribution in [0.25, 0.3) is 0 Å². The number of amides is 1. The summed E-state index contributed by atoms with van der Waals surface area (Å²) < 4.78 is 35.2. The molecule has 0 aliphatic carbocycles. The minimum absolute atomic E-state index is 0.318. The van der Waals surface area contributed by atoms with E-state index in [1.54, 1.807) is 42.5 Å². The maximum absolute atomic E-state index is 12.5. The monoisotopic (exact) mass is 426 g/mol. The predicted molar refractivity (Wildman–Crippen MR) is 111 cm³/mol. The molecule has 0 aromatic heterocycles. The molecule has 0 fully saturated rings. The molecule has 7 nitrogen and oxygen atoms in total. The molecule has 9 heteroatoms. The zero-order chi connectivity index (χ0) is 20.9. The summed E-state index contributed by atoms with van der Waals surface area (Å²) in [6.45, 7) is 1.83. The highest BCUT2D eigenvalue weighted by Crippen LogP contribution is 2.27. The highest BCUT2D eigenvalue weighted by Gasteiger charge is 2.19. The molecule has 1 atom stereocenters. The number of hydrogen-bond donors (Lipinski definition) is 1. The summed E-state index contributed by atoms with van der Waals surface area (Å²) in [5.41, 5.74) is 1.03. The second-order valence-electron chi connectivity index (χ2n) is 6.08. The Bertz CT molecular complexity index is 932. The zero-order valence-electron chi connectivity index (χ0n) is 16.1. The minimum atomic E-state index is -3.34. The van der Waals surface area contributed by atoms with Gasteiger partial charge in [-0.3, -0.25) is 9.10 Å². The van der Waals surface area contributed by atoms with Gasteiger partial charge < -0.3 is 14.8 Å². The van der Waals surface area contributed by atoms with Crippen LogP contribution in [0.1, 0.15) is 13.3 Å². The number of ether oxygens (including phenoxy) is 2. The molecule has 2 aromatic rings. The number of methoxy groups -OCH3 is 1. The summed E-state index contributed by atoms with van der Waals surface area (Å²) in [6, 6.07) is 11.4. The van der Waals surface area contributed by atoms with Crippen molar-refractivity contribution >= 4 is 38.9 Å². The molecule has 1 N–H and O–H groups in total. The maximum atomic E-state index is 12.5. The number of carbonyl (C=O) groups is 1. The Hall–Kier alpha value is -2.45. The van der Waals surface area contributed by atoms with Crippen molar-refractivity contribution in [2.24, 2.45) is 0 Å². The van der Waals surface area contributed by atoms with Crippen molar-refractivity contribution in [1.82, 2.24) is 0 Å². The average molecular weight is 427 g/mol. The highest BCUT2D eigenvalue weighted by atomic mass is 35.5. The number of nitrogens with zero attached hydrogens (tertiary/aromatic N) is 1. The summed E-state index contributed by atoms with van der Waals surface area (Å²) in [5, 5.41) is 3.15. The van der Waals surface area contributed by atoms with E-state index in [0.29, 0.717) is 34.3 Å². The molecule has 2 rings (SSSR count). The summed E-state index contributed by atoms with van der Waals surface area (Å²) in [5.74, 6) is 0.656. The van der Waals surface area contributed by atoms with Gasteiger partial charge in [0.15, 0.2) is 6.10 Å². The first-order valence-electron chi connectivity index (χ1n) is 8.50. The van der Waals surface area contributed by atoms with E-state index in [1.807, 2.05) is 6.92 Å². The van der Waals surface area contributed by atoms with Crippen LogP contribution in [-0.2, 0) is 14.8 Å². The molecule has 0 aliphatic rings. The molecule has 0 saturated carbocycles. The fourth-order valence-electron chi connectivity index (χ4n) is 2.38. The van der Waals surface area contributed by atoms with Crippen LogP contribution in [0.4, 0.5) is 11.4 Å². The molecule has 0 aliphatic heterocycles. The predicted octanol–water partition coefficient (Wildman–Crippen LogP) is 3.54. The van der Waals surface area contributed by atoms with E-state index < -0.39 is 16.1 Å². The third-order valence-corrected chi connectivity index (χ3v) is 5.56. The molecule has 2 aromatic carbocycles. The Labute approximate surface area is 170 Å². The van der Waals surface area contributed by atoms with Gasteiger partial charge in [0, 0.05) is 12.7 Å². The number of nitrogens with one attached hydrogen (secondary N) is 1. The van der Waals surface area contributed by atoms with Crippen LogP contribution in [0.15, 0.2) is 42.5 Å². The second-order valence-corrected chi connectivity index (χ2v) is 8.50. The van der Waals surface area contributed by atoms with Crippen LogP contribution < -0.4 is 19.1 Å². The summed E-state index contributed by atoms with van der Waals surface area (Å²) >= 11 is 6.07. The van der Waals surface area contributed by atoms with Crippen LogP contribution in [0, 0.1) is 0 Å². The van der Waals surface area contributed by atoms with Gasteiger partial charge in [0.05, 0.1) is 24.1 Å². The van der Waals surface area contributed by atoms with E-state index in [2.05, 4.69) is 5.32 Å². The standard InChI is InChI=1S/C19H23ClN2O5S/c1-5-17(19(23)21-13-6-11-18(26-3)16(20)12-13)27-15-9-7-14(8-10-15)22(2)28(4,24)25/h6-12,17H,5H2,1-4H3,(H,21,23). The van der Waals surface area contributed by atoms with Gasteiger partial charge in [0.2, 0.25) is 10.0 Å². The van der Waals surface area contributed by atoms with Crippen LogP contribution >= 0.6 is 11.6 Å². The molecule has 28 heavy (non-hydrogen) atoms. The van der Waals surface area contributed by atoms with E-state index in [4.69, 9.17) is 21.1 Å². The Morgan fingerprint density at radius 3 is 2.36 bits per heavy atom. The topological polar surface area (TPSA) is 84.9 Å². The highest BCUT2D eigenvalue weighted by molar-refractivity contribution is 7.92. The SMILES string of the molecule is CCC(Oc1ccc(N(C)S(C)(=O)=O)cc1)C(=O)Nc1ccc(OC)c(Cl)c1. The van der Waals surface area contributed by atoms with E-state index in [1.165, 1.54) is 14.2 Å². The lowest BCUT2D eigenvalue weighted by molar-refractivity contribution is -0.122. The van der Waals surface area contributed by atoms with Gasteiger partial charge in [-0.05, 0) is 48.9 Å². The molecule has 1 unspecified atom stereocenters. The van der Waals surface area contributed by atoms with Gasteiger partial charge >= 0.3 is 0 Å².